The Hall–Kier alpha value is -11.3. The number of thiophene rings is 3. The lowest BCUT2D eigenvalue weighted by Gasteiger charge is -2.22. The first-order chi connectivity index (χ1) is 54.0. The van der Waals surface area contributed by atoms with Gasteiger partial charge in [0, 0.05) is 127 Å². The van der Waals surface area contributed by atoms with Crippen molar-refractivity contribution in [1.29, 1.82) is 0 Å². The molecule has 5 N–H and O–H groups in total. The smallest absolute Gasteiger partial charge is 0.355 e. The van der Waals surface area contributed by atoms with Crippen LogP contribution in [0, 0.1) is 34.6 Å². The predicted octanol–water partition coefficient (Wildman–Crippen LogP) is 17.6. The van der Waals surface area contributed by atoms with Crippen LogP contribution in [0.5, 0.6) is 5.75 Å². The maximum Gasteiger partial charge on any atom is 0.355 e. The fraction of sp³-hybridized carbons (Fsp3) is 0.333. The van der Waals surface area contributed by atoms with E-state index in [4.69, 9.17) is 32.8 Å². The number of methoxy groups -OCH3 is 2. The van der Waals surface area contributed by atoms with Gasteiger partial charge in [-0.3, -0.25) is 24.0 Å². The number of nitrogens with one attached hydrogen (secondary N) is 5. The molecule has 0 fully saturated rings. The SMILES string of the molecule is CCOC(=O)c1[nH]c2c(c1C)C(=O)CC(c1cccc(OC)c1)C2.CCOC(=O)c1[nH]c2c(c1C)C(=O)CC(c1ccco1)C2.CCOC(=O)c1[nH]c2c(c1C)C(=O)CC(c1cccs1)C2.COC(=O)c1[nH]c2c(c1C)C(=O)CC(c1cccs1)C2.Cc1c(C(=O)OCc2ccccc2)[nH]c2c1C(=O)CC(c1cccs1)C2. The van der Waals surface area contributed by atoms with Crippen LogP contribution in [-0.4, -0.2) is 118 Å². The molecule has 5 aliphatic rings. The summed E-state index contributed by atoms with van der Waals surface area (Å²) in [5, 5.41) is 6.08. The molecule has 22 nitrogen and oxygen atoms in total. The molecule has 0 radical (unpaired) electrons. The average molecular weight is 1570 g/mol. The van der Waals surface area contributed by atoms with Gasteiger partial charge in [-0.05, 0) is 191 Å². The van der Waals surface area contributed by atoms with Crippen LogP contribution in [0.3, 0.4) is 0 Å². The fourth-order valence-corrected chi connectivity index (χ4v) is 18.2. The third-order valence-electron chi connectivity index (χ3n) is 21.0. The van der Waals surface area contributed by atoms with Crippen molar-refractivity contribution in [3.8, 4) is 5.75 Å². The average Bonchev–Trinajstić information content (AvgIpc) is 1.65. The van der Waals surface area contributed by atoms with E-state index in [0.29, 0.717) is 143 Å². The zero-order valence-electron chi connectivity index (χ0n) is 64.1. The van der Waals surface area contributed by atoms with Gasteiger partial charge in [0.25, 0.3) is 0 Å². The zero-order chi connectivity index (χ0) is 79.6. The molecule has 0 saturated heterocycles. The summed E-state index contributed by atoms with van der Waals surface area (Å²) in [5.74, 6) is 0.660. The Bertz CT molecular complexity index is 5160. The van der Waals surface area contributed by atoms with Crippen LogP contribution in [0.2, 0.25) is 0 Å². The fourth-order valence-electron chi connectivity index (χ4n) is 15.7. The normalized spacial score (nSPS) is 17.2. The Morgan fingerprint density at radius 2 is 0.732 bits per heavy atom. The molecule has 16 rings (SSSR count). The zero-order valence-corrected chi connectivity index (χ0v) is 66.5. The first-order valence-corrected chi connectivity index (χ1v) is 40.0. The summed E-state index contributed by atoms with van der Waals surface area (Å²) in [6.45, 7) is 15.5. The number of benzene rings is 2. The largest absolute Gasteiger partial charge is 0.497 e. The minimum absolute atomic E-state index is 0.0214. The molecule has 5 aliphatic carbocycles. The van der Waals surface area contributed by atoms with E-state index in [0.717, 1.165) is 75.9 Å². The predicted molar refractivity (Wildman–Crippen MR) is 424 cm³/mol. The lowest BCUT2D eigenvalue weighted by molar-refractivity contribution is 0.0461. The Morgan fingerprint density at radius 3 is 1.07 bits per heavy atom. The quantitative estimate of drug-likeness (QED) is 0.0443. The maximum absolute atomic E-state index is 12.7. The molecule has 0 spiro atoms. The van der Waals surface area contributed by atoms with Crippen molar-refractivity contribution in [2.45, 2.75) is 156 Å². The van der Waals surface area contributed by atoms with E-state index < -0.39 is 23.9 Å². The lowest BCUT2D eigenvalue weighted by atomic mass is 9.81. The second kappa shape index (κ2) is 35.8. The van der Waals surface area contributed by atoms with Crippen LogP contribution in [0.1, 0.15) is 275 Å². The van der Waals surface area contributed by atoms with Gasteiger partial charge in [0.05, 0.1) is 40.3 Å². The summed E-state index contributed by atoms with van der Waals surface area (Å²) in [6.07, 6.45) is 7.58. The number of fused-ring (bicyclic) bond motifs is 5. The highest BCUT2D eigenvalue weighted by molar-refractivity contribution is 7.10. The van der Waals surface area contributed by atoms with Gasteiger partial charge in [0.15, 0.2) is 28.9 Å². The van der Waals surface area contributed by atoms with Crippen molar-refractivity contribution in [3.63, 3.8) is 0 Å². The van der Waals surface area contributed by atoms with Crippen LogP contribution in [-0.2, 0) is 62.4 Å². The highest BCUT2D eigenvalue weighted by Crippen LogP contribution is 2.42. The number of aromatic amines is 5. The van der Waals surface area contributed by atoms with E-state index in [9.17, 15) is 47.9 Å². The monoisotopic (exact) mass is 1570 g/mol. The molecular weight excluding hydrogens is 1480 g/mol. The van der Waals surface area contributed by atoms with E-state index in [2.05, 4.69) is 43.1 Å². The van der Waals surface area contributed by atoms with Gasteiger partial charge in [-0.2, -0.15) is 0 Å². The van der Waals surface area contributed by atoms with Gasteiger partial charge in [-0.15, -0.1) is 34.0 Å². The van der Waals surface area contributed by atoms with Crippen LogP contribution >= 0.6 is 34.0 Å². The summed E-state index contributed by atoms with van der Waals surface area (Å²) < 4.78 is 36.0. The van der Waals surface area contributed by atoms with Crippen LogP contribution < -0.4 is 4.74 Å². The van der Waals surface area contributed by atoms with E-state index >= 15 is 0 Å². The summed E-state index contributed by atoms with van der Waals surface area (Å²) in [7, 11) is 2.97. The Balaban J connectivity index is 0.000000130. The number of Topliss-reactive ketones (excluding diaryl/α,β-unsaturated/α-hetero) is 5. The minimum atomic E-state index is -0.419. The number of furan rings is 1. The number of hydrogen-bond donors (Lipinski definition) is 5. The number of carbonyl (C=O) groups is 10. The highest BCUT2D eigenvalue weighted by Gasteiger charge is 2.38. The number of aromatic nitrogens is 5. The summed E-state index contributed by atoms with van der Waals surface area (Å²) in [5.41, 5.74) is 15.0. The molecule has 0 bridgehead atoms. The first kappa shape index (κ1) is 80.2. The highest BCUT2D eigenvalue weighted by atomic mass is 32.1. The van der Waals surface area contributed by atoms with Crippen LogP contribution in [0.15, 0.2) is 130 Å². The molecule has 11 aromatic rings. The van der Waals surface area contributed by atoms with E-state index in [1.54, 1.807) is 88.9 Å². The van der Waals surface area contributed by atoms with Gasteiger partial charge in [-0.1, -0.05) is 60.7 Å². The van der Waals surface area contributed by atoms with E-state index in [-0.39, 0.29) is 71.1 Å². The lowest BCUT2D eigenvalue weighted by Crippen LogP contribution is -2.18. The third kappa shape index (κ3) is 17.4. The van der Waals surface area contributed by atoms with Crippen LogP contribution in [0.4, 0.5) is 0 Å². The maximum atomic E-state index is 12.7. The summed E-state index contributed by atoms with van der Waals surface area (Å²) in [6, 6.07) is 33.2. The van der Waals surface area contributed by atoms with E-state index in [1.807, 2.05) is 115 Å². The number of esters is 5. The van der Waals surface area contributed by atoms with Gasteiger partial charge >= 0.3 is 29.8 Å². The molecule has 0 amide bonds. The Kier molecular flexibility index (Phi) is 25.7. The summed E-state index contributed by atoms with van der Waals surface area (Å²) >= 11 is 5.02. The Labute approximate surface area is 659 Å². The molecule has 0 saturated carbocycles. The van der Waals surface area contributed by atoms with Crippen molar-refractivity contribution in [2.75, 3.05) is 34.0 Å². The topological polar surface area (TPSA) is 318 Å². The third-order valence-corrected chi connectivity index (χ3v) is 24.1. The van der Waals surface area contributed by atoms with Crippen molar-refractivity contribution < 1.29 is 80.8 Å². The first-order valence-electron chi connectivity index (χ1n) is 37.3. The molecule has 2 aromatic carbocycles. The van der Waals surface area contributed by atoms with Gasteiger partial charge in [-0.25, -0.2) is 24.0 Å². The van der Waals surface area contributed by atoms with Crippen molar-refractivity contribution in [2.24, 2.45) is 0 Å². The second-order valence-electron chi connectivity index (χ2n) is 28.1. The second-order valence-corrected chi connectivity index (χ2v) is 31.0. The molecule has 5 atom stereocenters. The molecular formula is C87H89N5O17S3. The molecule has 112 heavy (non-hydrogen) atoms. The van der Waals surface area contributed by atoms with Crippen molar-refractivity contribution in [1.82, 2.24) is 24.9 Å². The van der Waals surface area contributed by atoms with Crippen LogP contribution in [0.25, 0.3) is 0 Å². The number of ether oxygens (including phenoxy) is 6. The van der Waals surface area contributed by atoms with Gasteiger partial charge in [0.1, 0.15) is 46.6 Å². The Morgan fingerprint density at radius 1 is 0.384 bits per heavy atom. The number of rotatable bonds is 16. The molecule has 0 aliphatic heterocycles. The molecule has 582 valence electrons. The van der Waals surface area contributed by atoms with E-state index in [1.165, 1.54) is 21.7 Å². The van der Waals surface area contributed by atoms with Crippen molar-refractivity contribution >= 4 is 92.8 Å². The number of ketones is 5. The minimum Gasteiger partial charge on any atom is -0.497 e. The number of H-pyrrole nitrogens is 5. The molecule has 25 heteroatoms. The molecule has 9 heterocycles. The number of carbonyl (C=O) groups excluding carboxylic acids is 10. The molecule has 5 unspecified atom stereocenters. The van der Waals surface area contributed by atoms with Crippen molar-refractivity contribution in [3.05, 3.63) is 270 Å². The van der Waals surface area contributed by atoms with Gasteiger partial charge < -0.3 is 57.8 Å². The standard InChI is InChI=1S/C21H19NO3S.C19H21NO4.C16H17NO4.C16H17NO3S.C15H15NO3S/c1-13-19-16(10-15(11-17(19)23)18-8-5-9-26-18)22-20(13)21(24)25-12-14-6-3-2-4-7-14;1-4-24-19(22)18-11(2)17-15(20-18)9-13(10-16(17)21)12-6-5-7-14(8-12)23-3;2*1-3-20-16(19)15-9(2)14-11(17-15)7-10(8-12(14)18)13-5-4-6-21-13;1-8-13-10(16-14(8)15(18)19-2)6-9(7-11(13)17)12-4-3-5-20-12/h2-9,15,22H,10-12H2,1H3;5-8,13,20H,4,9-10H2,1-3H3;2*4-6,10,17H,3,7-8H2,1-2H3;3-5,9,16H,6-7H2,1-2H3. The van der Waals surface area contributed by atoms with Gasteiger partial charge in [0.2, 0.25) is 0 Å². The summed E-state index contributed by atoms with van der Waals surface area (Å²) in [4.78, 5) is 142. The molecule has 9 aromatic heterocycles. The number of hydrogen-bond acceptors (Lipinski definition) is 20.